The zero-order chi connectivity index (χ0) is 14.7. The quantitative estimate of drug-likeness (QED) is 0.652. The van der Waals surface area contributed by atoms with Crippen LogP contribution in [0, 0.1) is 9.39 Å². The molecule has 0 aliphatic heterocycles. The number of anilines is 3. The highest BCUT2D eigenvalue weighted by Gasteiger charge is 2.10. The van der Waals surface area contributed by atoms with Crippen LogP contribution >= 0.6 is 45.8 Å². The minimum atomic E-state index is -0.288. The predicted octanol–water partition coefficient (Wildman–Crippen LogP) is 5.31. The third kappa shape index (κ3) is 3.65. The van der Waals surface area contributed by atoms with Crippen LogP contribution in [0.3, 0.4) is 0 Å². The van der Waals surface area contributed by atoms with Crippen LogP contribution in [0.5, 0.6) is 0 Å². The third-order valence-corrected chi connectivity index (χ3v) is 3.93. The highest BCUT2D eigenvalue weighted by Crippen LogP contribution is 2.32. The van der Waals surface area contributed by atoms with Gasteiger partial charge < -0.3 is 10.6 Å². The lowest BCUT2D eigenvalue weighted by atomic mass is 10.3. The summed E-state index contributed by atoms with van der Waals surface area (Å²) >= 11 is 14.2. The van der Waals surface area contributed by atoms with Crippen molar-refractivity contribution >= 4 is 63.1 Å². The van der Waals surface area contributed by atoms with Crippen LogP contribution in [0.1, 0.15) is 6.92 Å². The molecule has 2 aromatic rings. The van der Waals surface area contributed by atoms with Gasteiger partial charge in [0.05, 0.1) is 15.7 Å². The normalized spacial score (nSPS) is 10.4. The summed E-state index contributed by atoms with van der Waals surface area (Å²) in [5, 5.41) is 6.98. The van der Waals surface area contributed by atoms with E-state index in [9.17, 15) is 4.39 Å². The molecule has 0 radical (unpaired) electrons. The second kappa shape index (κ2) is 6.78. The van der Waals surface area contributed by atoms with E-state index in [1.54, 1.807) is 12.1 Å². The Morgan fingerprint density at radius 1 is 1.20 bits per heavy atom. The summed E-state index contributed by atoms with van der Waals surface area (Å²) < 4.78 is 13.8. The molecule has 0 spiro atoms. The Labute approximate surface area is 140 Å². The highest BCUT2D eigenvalue weighted by molar-refractivity contribution is 14.1. The van der Waals surface area contributed by atoms with Crippen LogP contribution in [0.15, 0.2) is 24.3 Å². The van der Waals surface area contributed by atoms with Crippen LogP contribution < -0.4 is 10.6 Å². The first-order valence-electron chi connectivity index (χ1n) is 5.83. The number of hydrogen-bond donors (Lipinski definition) is 2. The van der Waals surface area contributed by atoms with Crippen molar-refractivity contribution in [1.82, 2.24) is 4.98 Å². The van der Waals surface area contributed by atoms with Crippen molar-refractivity contribution in [3.63, 3.8) is 0 Å². The standard InChI is InChI=1S/C13H11Cl2FIN3/c1-2-18-12-8(14)6-9(15)13(20-12)19-11-4-3-7(16)5-10(11)17/h3-6H,2H2,1H3,(H2,18,19,20). The number of nitrogens with one attached hydrogen (secondary N) is 2. The minimum Gasteiger partial charge on any atom is -0.369 e. The van der Waals surface area contributed by atoms with E-state index in [2.05, 4.69) is 15.6 Å². The van der Waals surface area contributed by atoms with E-state index in [-0.39, 0.29) is 5.82 Å². The van der Waals surface area contributed by atoms with Gasteiger partial charge in [-0.3, -0.25) is 0 Å². The van der Waals surface area contributed by atoms with Crippen molar-refractivity contribution in [2.45, 2.75) is 6.92 Å². The molecule has 2 rings (SSSR count). The van der Waals surface area contributed by atoms with Crippen LogP contribution in [0.25, 0.3) is 0 Å². The SMILES string of the molecule is CCNc1nc(Nc2ccc(F)cc2I)c(Cl)cc1Cl. The Bertz CT molecular complexity index is 637. The lowest BCUT2D eigenvalue weighted by molar-refractivity contribution is 0.627. The molecule has 0 saturated heterocycles. The van der Waals surface area contributed by atoms with Gasteiger partial charge in [0, 0.05) is 10.1 Å². The van der Waals surface area contributed by atoms with Crippen molar-refractivity contribution in [2.75, 3.05) is 17.2 Å². The van der Waals surface area contributed by atoms with E-state index in [0.717, 1.165) is 9.26 Å². The Balaban J connectivity index is 2.35. The molecule has 20 heavy (non-hydrogen) atoms. The summed E-state index contributed by atoms with van der Waals surface area (Å²) in [5.41, 5.74) is 0.728. The summed E-state index contributed by atoms with van der Waals surface area (Å²) in [5.74, 6) is 0.734. The molecule has 2 N–H and O–H groups in total. The van der Waals surface area contributed by atoms with E-state index in [0.29, 0.717) is 28.2 Å². The zero-order valence-corrected chi connectivity index (χ0v) is 14.1. The maximum atomic E-state index is 13.1. The van der Waals surface area contributed by atoms with Crippen LogP contribution in [-0.2, 0) is 0 Å². The van der Waals surface area contributed by atoms with Crippen molar-refractivity contribution in [3.05, 3.63) is 43.7 Å². The van der Waals surface area contributed by atoms with Crippen molar-refractivity contribution in [3.8, 4) is 0 Å². The Morgan fingerprint density at radius 2 is 1.90 bits per heavy atom. The lowest BCUT2D eigenvalue weighted by Gasteiger charge is -2.12. The molecule has 1 heterocycles. The summed E-state index contributed by atoms with van der Waals surface area (Å²) in [6, 6.07) is 6.06. The Morgan fingerprint density at radius 3 is 2.55 bits per heavy atom. The van der Waals surface area contributed by atoms with Crippen LogP contribution in [0.2, 0.25) is 10.0 Å². The molecule has 7 heteroatoms. The maximum Gasteiger partial charge on any atom is 0.151 e. The monoisotopic (exact) mass is 425 g/mol. The molecule has 0 bridgehead atoms. The molecule has 0 amide bonds. The number of benzene rings is 1. The fraction of sp³-hybridized carbons (Fsp3) is 0.154. The van der Waals surface area contributed by atoms with Gasteiger partial charge in [-0.05, 0) is 53.8 Å². The van der Waals surface area contributed by atoms with Gasteiger partial charge in [-0.15, -0.1) is 0 Å². The Kier molecular flexibility index (Phi) is 5.29. The van der Waals surface area contributed by atoms with Gasteiger partial charge in [-0.1, -0.05) is 23.2 Å². The highest BCUT2D eigenvalue weighted by atomic mass is 127. The first-order chi connectivity index (χ1) is 9.51. The fourth-order valence-electron chi connectivity index (χ4n) is 1.56. The Hall–Kier alpha value is -0.790. The second-order valence-electron chi connectivity index (χ2n) is 3.93. The van der Waals surface area contributed by atoms with Gasteiger partial charge in [0.15, 0.2) is 5.82 Å². The molecule has 3 nitrogen and oxygen atoms in total. The van der Waals surface area contributed by atoms with Gasteiger partial charge in [-0.25, -0.2) is 9.37 Å². The van der Waals surface area contributed by atoms with Gasteiger partial charge in [0.25, 0.3) is 0 Å². The largest absolute Gasteiger partial charge is 0.369 e. The molecule has 1 aromatic heterocycles. The number of hydrogen-bond acceptors (Lipinski definition) is 3. The smallest absolute Gasteiger partial charge is 0.151 e. The topological polar surface area (TPSA) is 37.0 Å². The summed E-state index contributed by atoms with van der Waals surface area (Å²) in [6.07, 6.45) is 0. The summed E-state index contributed by atoms with van der Waals surface area (Å²) in [4.78, 5) is 4.34. The molecule has 0 atom stereocenters. The first-order valence-corrected chi connectivity index (χ1v) is 7.66. The molecule has 0 unspecified atom stereocenters. The van der Waals surface area contributed by atoms with Crippen molar-refractivity contribution < 1.29 is 4.39 Å². The van der Waals surface area contributed by atoms with Crippen LogP contribution in [0.4, 0.5) is 21.7 Å². The molecule has 0 fully saturated rings. The minimum absolute atomic E-state index is 0.288. The average Bonchev–Trinajstić information content (AvgIpc) is 2.38. The zero-order valence-electron chi connectivity index (χ0n) is 10.5. The second-order valence-corrected chi connectivity index (χ2v) is 5.91. The van der Waals surface area contributed by atoms with E-state index in [1.807, 2.05) is 29.5 Å². The van der Waals surface area contributed by atoms with E-state index in [4.69, 9.17) is 23.2 Å². The summed E-state index contributed by atoms with van der Waals surface area (Å²) in [6.45, 7) is 2.64. The van der Waals surface area contributed by atoms with E-state index in [1.165, 1.54) is 12.1 Å². The maximum absolute atomic E-state index is 13.1. The molecule has 0 aliphatic rings. The molecule has 0 saturated carbocycles. The fourth-order valence-corrected chi connectivity index (χ4v) is 2.65. The number of aromatic nitrogens is 1. The lowest BCUT2D eigenvalue weighted by Crippen LogP contribution is -2.03. The predicted molar refractivity (Wildman–Crippen MR) is 90.8 cm³/mol. The van der Waals surface area contributed by atoms with Gasteiger partial charge >= 0.3 is 0 Å². The molecule has 106 valence electrons. The molecule has 0 aliphatic carbocycles. The van der Waals surface area contributed by atoms with Crippen LogP contribution in [-0.4, -0.2) is 11.5 Å². The van der Waals surface area contributed by atoms with Gasteiger partial charge in [-0.2, -0.15) is 0 Å². The van der Waals surface area contributed by atoms with Gasteiger partial charge in [0.1, 0.15) is 11.6 Å². The van der Waals surface area contributed by atoms with Crippen molar-refractivity contribution in [1.29, 1.82) is 0 Å². The van der Waals surface area contributed by atoms with E-state index >= 15 is 0 Å². The average molecular weight is 426 g/mol. The molecule has 1 aromatic carbocycles. The molecular formula is C13H11Cl2FIN3. The van der Waals surface area contributed by atoms with E-state index < -0.39 is 0 Å². The van der Waals surface area contributed by atoms with Crippen molar-refractivity contribution in [2.24, 2.45) is 0 Å². The number of nitrogens with zero attached hydrogens (tertiary/aromatic N) is 1. The number of rotatable bonds is 4. The summed E-state index contributed by atoms with van der Waals surface area (Å²) in [7, 11) is 0. The third-order valence-electron chi connectivity index (χ3n) is 2.46. The number of pyridine rings is 1. The first kappa shape index (κ1) is 15.6. The van der Waals surface area contributed by atoms with Gasteiger partial charge in [0.2, 0.25) is 0 Å². The number of halogens is 4. The molecular weight excluding hydrogens is 415 g/mol.